The van der Waals surface area contributed by atoms with Crippen molar-refractivity contribution in [3.05, 3.63) is 46.0 Å². The van der Waals surface area contributed by atoms with Crippen molar-refractivity contribution in [1.29, 1.82) is 5.41 Å². The molecule has 2 heteroatoms. The van der Waals surface area contributed by atoms with Crippen LogP contribution in [0.4, 0.5) is 0 Å². The summed E-state index contributed by atoms with van der Waals surface area (Å²) in [5.41, 5.74) is 2.95. The van der Waals surface area contributed by atoms with Gasteiger partial charge < -0.3 is 0 Å². The number of benzene rings is 1. The van der Waals surface area contributed by atoms with Crippen LogP contribution in [0.5, 0.6) is 0 Å². The molecular formula is C19H26BrN. The van der Waals surface area contributed by atoms with Gasteiger partial charge in [0, 0.05) is 10.0 Å². The summed E-state index contributed by atoms with van der Waals surface area (Å²) in [5, 5.41) is 8.17. The number of halogens is 1. The molecule has 0 amide bonds. The normalized spacial score (nSPS) is 23.1. The van der Waals surface area contributed by atoms with Crippen molar-refractivity contribution < 1.29 is 0 Å². The zero-order valence-electron chi connectivity index (χ0n) is 13.2. The third kappa shape index (κ3) is 4.81. The molecule has 0 bridgehead atoms. The minimum atomic E-state index is 0.575. The van der Waals surface area contributed by atoms with Crippen molar-refractivity contribution in [3.8, 4) is 0 Å². The first-order chi connectivity index (χ1) is 10.1. The van der Waals surface area contributed by atoms with Crippen LogP contribution in [-0.4, -0.2) is 5.71 Å². The number of hydrogen-bond donors (Lipinski definition) is 1. The van der Waals surface area contributed by atoms with E-state index in [0.29, 0.717) is 5.71 Å². The largest absolute Gasteiger partial charge is 0.299 e. The van der Waals surface area contributed by atoms with Gasteiger partial charge in [0.15, 0.2) is 0 Å². The molecule has 0 aliphatic heterocycles. The Kier molecular flexibility index (Phi) is 6.22. The molecule has 1 aliphatic carbocycles. The Morgan fingerprint density at radius 2 is 2.00 bits per heavy atom. The Morgan fingerprint density at radius 3 is 2.67 bits per heavy atom. The van der Waals surface area contributed by atoms with Crippen LogP contribution in [0.1, 0.15) is 57.1 Å². The molecule has 2 rings (SSSR count). The second-order valence-corrected chi connectivity index (χ2v) is 7.23. The van der Waals surface area contributed by atoms with Crippen LogP contribution in [0, 0.1) is 17.2 Å². The fraction of sp³-hybridized carbons (Fsp3) is 0.526. The summed E-state index contributed by atoms with van der Waals surface area (Å²) in [6.45, 7) is 4.33. The van der Waals surface area contributed by atoms with Crippen molar-refractivity contribution in [2.75, 3.05) is 0 Å². The number of rotatable bonds is 5. The molecule has 0 aromatic heterocycles. The second-order valence-electron chi connectivity index (χ2n) is 6.38. The second kappa shape index (κ2) is 7.93. The Balaban J connectivity index is 1.94. The quantitative estimate of drug-likeness (QED) is 0.621. The van der Waals surface area contributed by atoms with Crippen molar-refractivity contribution in [2.24, 2.45) is 11.8 Å². The Labute approximate surface area is 137 Å². The summed E-state index contributed by atoms with van der Waals surface area (Å²) in [7, 11) is 0. The zero-order valence-corrected chi connectivity index (χ0v) is 14.7. The first-order valence-corrected chi connectivity index (χ1v) is 8.89. The lowest BCUT2D eigenvalue weighted by molar-refractivity contribution is 0.278. The van der Waals surface area contributed by atoms with E-state index in [-0.39, 0.29) is 0 Å². The van der Waals surface area contributed by atoms with Crippen LogP contribution < -0.4 is 0 Å². The monoisotopic (exact) mass is 347 g/mol. The van der Waals surface area contributed by atoms with Crippen molar-refractivity contribution in [2.45, 2.75) is 52.4 Å². The van der Waals surface area contributed by atoms with Gasteiger partial charge in [-0.2, -0.15) is 0 Å². The van der Waals surface area contributed by atoms with Gasteiger partial charge in [0.05, 0.1) is 5.71 Å². The lowest BCUT2D eigenvalue weighted by Gasteiger charge is -2.26. The molecule has 0 spiro atoms. The van der Waals surface area contributed by atoms with Gasteiger partial charge >= 0.3 is 0 Å². The minimum Gasteiger partial charge on any atom is -0.299 e. The molecule has 0 unspecified atom stereocenters. The van der Waals surface area contributed by atoms with Crippen LogP contribution in [0.2, 0.25) is 0 Å². The highest BCUT2D eigenvalue weighted by Gasteiger charge is 2.17. The lowest BCUT2D eigenvalue weighted by Crippen LogP contribution is -2.13. The van der Waals surface area contributed by atoms with E-state index in [9.17, 15) is 0 Å². The van der Waals surface area contributed by atoms with Crippen LogP contribution in [-0.2, 0) is 6.42 Å². The Morgan fingerprint density at radius 1 is 1.29 bits per heavy atom. The average molecular weight is 348 g/mol. The predicted octanol–water partition coefficient (Wildman–Crippen LogP) is 6.11. The smallest absolute Gasteiger partial charge is 0.0750 e. The average Bonchev–Trinajstić information content (AvgIpc) is 2.53. The molecule has 1 saturated carbocycles. The van der Waals surface area contributed by atoms with E-state index in [0.717, 1.165) is 28.3 Å². The van der Waals surface area contributed by atoms with Crippen LogP contribution >= 0.6 is 15.9 Å². The standard InChI is InChI=1S/C19H26BrN/c1-3-18(20)19(21)17-6-4-5-16(13-17)12-11-15-9-7-14(2)8-10-15/h3-6,13-15,21H,7-12H2,1-2H3/b18-3+,21-19?. The van der Waals surface area contributed by atoms with Gasteiger partial charge in [-0.15, -0.1) is 0 Å². The molecule has 1 aromatic rings. The van der Waals surface area contributed by atoms with Crippen LogP contribution in [0.15, 0.2) is 34.8 Å². The fourth-order valence-electron chi connectivity index (χ4n) is 3.15. The zero-order chi connectivity index (χ0) is 15.2. The molecule has 1 fully saturated rings. The van der Waals surface area contributed by atoms with Gasteiger partial charge in [0.1, 0.15) is 0 Å². The van der Waals surface area contributed by atoms with Gasteiger partial charge in [0.2, 0.25) is 0 Å². The third-order valence-corrected chi connectivity index (χ3v) is 5.54. The van der Waals surface area contributed by atoms with E-state index in [1.165, 1.54) is 37.7 Å². The molecule has 1 nitrogen and oxygen atoms in total. The van der Waals surface area contributed by atoms with E-state index in [1.54, 1.807) is 0 Å². The first kappa shape index (κ1) is 16.5. The number of allylic oxidation sites excluding steroid dienone is 2. The number of nitrogens with one attached hydrogen (secondary N) is 1. The Hall–Kier alpha value is -0.890. The van der Waals surface area contributed by atoms with Gasteiger partial charge in [-0.1, -0.05) is 56.9 Å². The summed E-state index contributed by atoms with van der Waals surface area (Å²) in [6, 6.07) is 8.49. The van der Waals surface area contributed by atoms with Gasteiger partial charge in [0.25, 0.3) is 0 Å². The van der Waals surface area contributed by atoms with Crippen molar-refractivity contribution in [3.63, 3.8) is 0 Å². The van der Waals surface area contributed by atoms with Gasteiger partial charge in [-0.3, -0.25) is 5.41 Å². The Bertz CT molecular complexity index is 510. The predicted molar refractivity (Wildman–Crippen MR) is 95.4 cm³/mol. The van der Waals surface area contributed by atoms with Gasteiger partial charge in [-0.25, -0.2) is 0 Å². The third-order valence-electron chi connectivity index (χ3n) is 4.68. The topological polar surface area (TPSA) is 23.9 Å². The van der Waals surface area contributed by atoms with E-state index < -0.39 is 0 Å². The number of aryl methyl sites for hydroxylation is 1. The van der Waals surface area contributed by atoms with Crippen LogP contribution in [0.3, 0.4) is 0 Å². The molecular weight excluding hydrogens is 322 g/mol. The lowest BCUT2D eigenvalue weighted by atomic mass is 9.80. The summed E-state index contributed by atoms with van der Waals surface area (Å²) < 4.78 is 0.862. The summed E-state index contributed by atoms with van der Waals surface area (Å²) >= 11 is 3.45. The van der Waals surface area contributed by atoms with Gasteiger partial charge in [-0.05, 0) is 59.2 Å². The first-order valence-electron chi connectivity index (χ1n) is 8.10. The highest BCUT2D eigenvalue weighted by molar-refractivity contribution is 9.12. The number of hydrogen-bond acceptors (Lipinski definition) is 1. The molecule has 1 aromatic carbocycles. The molecule has 0 atom stereocenters. The molecule has 0 saturated heterocycles. The molecule has 0 radical (unpaired) electrons. The highest BCUT2D eigenvalue weighted by Crippen LogP contribution is 2.31. The molecule has 0 heterocycles. The summed E-state index contributed by atoms with van der Waals surface area (Å²) in [6.07, 6.45) is 9.99. The molecule has 1 aliphatic rings. The van der Waals surface area contributed by atoms with Crippen molar-refractivity contribution in [1.82, 2.24) is 0 Å². The van der Waals surface area contributed by atoms with E-state index in [1.807, 2.05) is 19.1 Å². The summed E-state index contributed by atoms with van der Waals surface area (Å²) in [4.78, 5) is 0. The molecule has 21 heavy (non-hydrogen) atoms. The van der Waals surface area contributed by atoms with Crippen LogP contribution in [0.25, 0.3) is 0 Å². The fourth-order valence-corrected chi connectivity index (χ4v) is 3.38. The molecule has 114 valence electrons. The maximum atomic E-state index is 8.17. The SMILES string of the molecule is C/C=C(/Br)C(=N)c1cccc(CCC2CCC(C)CC2)c1. The minimum absolute atomic E-state index is 0.575. The highest BCUT2D eigenvalue weighted by atomic mass is 79.9. The van der Waals surface area contributed by atoms with E-state index in [2.05, 4.69) is 41.1 Å². The van der Waals surface area contributed by atoms with E-state index in [4.69, 9.17) is 5.41 Å². The van der Waals surface area contributed by atoms with E-state index >= 15 is 0 Å². The van der Waals surface area contributed by atoms with Crippen molar-refractivity contribution >= 4 is 21.6 Å². The maximum absolute atomic E-state index is 8.17. The summed E-state index contributed by atoms with van der Waals surface area (Å²) in [5.74, 6) is 1.84. The maximum Gasteiger partial charge on any atom is 0.0750 e. The molecule has 1 N–H and O–H groups in total.